The third kappa shape index (κ3) is 2.59. The van der Waals surface area contributed by atoms with Gasteiger partial charge in [-0.15, -0.1) is 0 Å². The highest BCUT2D eigenvalue weighted by Gasteiger charge is 2.15. The minimum absolute atomic E-state index is 0.402. The summed E-state index contributed by atoms with van der Waals surface area (Å²) in [6, 6.07) is 7.64. The monoisotopic (exact) mass is 265 g/mol. The van der Waals surface area contributed by atoms with Crippen LogP contribution >= 0.6 is 0 Å². The van der Waals surface area contributed by atoms with Crippen molar-refractivity contribution >= 4 is 5.82 Å². The molecule has 0 aliphatic carbocycles. The Morgan fingerprint density at radius 1 is 1.15 bits per heavy atom. The largest absolute Gasteiger partial charge is 0.356 e. The molecular weight excluding hydrogens is 250 g/mol. The van der Waals surface area contributed by atoms with Crippen LogP contribution in [0.25, 0.3) is 11.4 Å². The highest BCUT2D eigenvalue weighted by atomic mass is 15.2. The molecule has 1 aliphatic rings. The number of anilines is 1. The van der Waals surface area contributed by atoms with Crippen LogP contribution in [0.2, 0.25) is 0 Å². The van der Waals surface area contributed by atoms with Crippen molar-refractivity contribution in [2.45, 2.75) is 19.3 Å². The fourth-order valence-corrected chi connectivity index (χ4v) is 2.40. The van der Waals surface area contributed by atoms with E-state index in [4.69, 9.17) is 5.26 Å². The van der Waals surface area contributed by atoms with Crippen LogP contribution in [0.4, 0.5) is 5.82 Å². The summed E-state index contributed by atoms with van der Waals surface area (Å²) in [4.78, 5) is 15.2. The molecule has 1 fully saturated rings. The lowest BCUT2D eigenvalue weighted by Crippen LogP contribution is -2.30. The van der Waals surface area contributed by atoms with Crippen LogP contribution in [0.5, 0.6) is 0 Å². The third-order valence-corrected chi connectivity index (χ3v) is 3.43. The summed E-state index contributed by atoms with van der Waals surface area (Å²) in [5, 5.41) is 9.16. The third-order valence-electron chi connectivity index (χ3n) is 3.43. The SMILES string of the molecule is N#Cc1cc(N2CCCCC2)nc(-c2cccnc2)n1. The number of nitrogens with zero attached hydrogens (tertiary/aromatic N) is 5. The lowest BCUT2D eigenvalue weighted by molar-refractivity contribution is 0.573. The molecule has 0 radical (unpaired) electrons. The summed E-state index contributed by atoms with van der Waals surface area (Å²) < 4.78 is 0. The van der Waals surface area contributed by atoms with E-state index in [2.05, 4.69) is 25.9 Å². The van der Waals surface area contributed by atoms with E-state index >= 15 is 0 Å². The molecular formula is C15H15N5. The molecule has 5 heteroatoms. The van der Waals surface area contributed by atoms with Gasteiger partial charge in [0.25, 0.3) is 0 Å². The fourth-order valence-electron chi connectivity index (χ4n) is 2.40. The molecule has 0 N–H and O–H groups in total. The van der Waals surface area contributed by atoms with Gasteiger partial charge in [-0.05, 0) is 31.4 Å². The minimum atomic E-state index is 0.402. The molecule has 1 aliphatic heterocycles. The van der Waals surface area contributed by atoms with Crippen LogP contribution in [0, 0.1) is 11.3 Å². The van der Waals surface area contributed by atoms with Crippen LogP contribution < -0.4 is 4.90 Å². The van der Waals surface area contributed by atoms with Crippen molar-refractivity contribution in [1.82, 2.24) is 15.0 Å². The van der Waals surface area contributed by atoms with Gasteiger partial charge in [-0.25, -0.2) is 9.97 Å². The van der Waals surface area contributed by atoms with E-state index in [9.17, 15) is 0 Å². The molecule has 0 spiro atoms. The highest BCUT2D eigenvalue weighted by molar-refractivity contribution is 5.58. The average molecular weight is 265 g/mol. The number of piperidine rings is 1. The van der Waals surface area contributed by atoms with E-state index in [1.54, 1.807) is 18.5 Å². The van der Waals surface area contributed by atoms with Crippen molar-refractivity contribution in [3.05, 3.63) is 36.3 Å². The van der Waals surface area contributed by atoms with E-state index in [0.29, 0.717) is 11.5 Å². The van der Waals surface area contributed by atoms with Gasteiger partial charge in [0.2, 0.25) is 0 Å². The van der Waals surface area contributed by atoms with E-state index < -0.39 is 0 Å². The smallest absolute Gasteiger partial charge is 0.164 e. The van der Waals surface area contributed by atoms with Gasteiger partial charge in [0.15, 0.2) is 5.82 Å². The summed E-state index contributed by atoms with van der Waals surface area (Å²) in [6.07, 6.45) is 7.05. The molecule has 2 aromatic heterocycles. The molecule has 0 aromatic carbocycles. The second kappa shape index (κ2) is 5.66. The van der Waals surface area contributed by atoms with Crippen molar-refractivity contribution in [1.29, 1.82) is 5.26 Å². The number of aromatic nitrogens is 3. The van der Waals surface area contributed by atoms with Gasteiger partial charge in [-0.1, -0.05) is 0 Å². The lowest BCUT2D eigenvalue weighted by atomic mass is 10.1. The van der Waals surface area contributed by atoms with Gasteiger partial charge in [0.05, 0.1) is 0 Å². The van der Waals surface area contributed by atoms with Gasteiger partial charge in [-0.2, -0.15) is 5.26 Å². The topological polar surface area (TPSA) is 65.7 Å². The van der Waals surface area contributed by atoms with Crippen molar-refractivity contribution in [3.8, 4) is 17.5 Å². The Labute approximate surface area is 117 Å². The van der Waals surface area contributed by atoms with Crippen molar-refractivity contribution in [2.75, 3.05) is 18.0 Å². The molecule has 100 valence electrons. The Bertz CT molecular complexity index is 626. The first-order valence-electron chi connectivity index (χ1n) is 6.81. The molecule has 1 saturated heterocycles. The molecule has 0 unspecified atom stereocenters. The molecule has 2 aromatic rings. The Morgan fingerprint density at radius 2 is 2.00 bits per heavy atom. The zero-order valence-corrected chi connectivity index (χ0v) is 11.2. The normalized spacial score (nSPS) is 14.8. The van der Waals surface area contributed by atoms with Crippen molar-refractivity contribution in [2.24, 2.45) is 0 Å². The second-order valence-electron chi connectivity index (χ2n) is 4.84. The van der Waals surface area contributed by atoms with Crippen LogP contribution in [0.1, 0.15) is 25.0 Å². The Kier molecular flexibility index (Phi) is 3.55. The molecule has 0 atom stereocenters. The minimum Gasteiger partial charge on any atom is -0.356 e. The van der Waals surface area contributed by atoms with Gasteiger partial charge in [-0.3, -0.25) is 4.98 Å². The maximum atomic E-state index is 9.16. The molecule has 0 bridgehead atoms. The summed E-state index contributed by atoms with van der Waals surface area (Å²) in [7, 11) is 0. The highest BCUT2D eigenvalue weighted by Crippen LogP contribution is 2.22. The molecule has 5 nitrogen and oxygen atoms in total. The second-order valence-corrected chi connectivity index (χ2v) is 4.84. The van der Waals surface area contributed by atoms with E-state index in [1.807, 2.05) is 12.1 Å². The predicted octanol–water partition coefficient (Wildman–Crippen LogP) is 2.40. The van der Waals surface area contributed by atoms with Crippen molar-refractivity contribution < 1.29 is 0 Å². The maximum absolute atomic E-state index is 9.16. The van der Waals surface area contributed by atoms with E-state index in [-0.39, 0.29) is 0 Å². The number of pyridine rings is 1. The fraction of sp³-hybridized carbons (Fsp3) is 0.333. The molecule has 3 heterocycles. The average Bonchev–Trinajstić information content (AvgIpc) is 2.56. The van der Waals surface area contributed by atoms with E-state index in [1.165, 1.54) is 19.3 Å². The van der Waals surface area contributed by atoms with Gasteiger partial charge < -0.3 is 4.90 Å². The van der Waals surface area contributed by atoms with Gasteiger partial charge in [0, 0.05) is 37.1 Å². The van der Waals surface area contributed by atoms with Crippen LogP contribution in [-0.4, -0.2) is 28.0 Å². The lowest BCUT2D eigenvalue weighted by Gasteiger charge is -2.27. The standard InChI is InChI=1S/C15H15N5/c16-10-13-9-14(20-7-2-1-3-8-20)19-15(18-13)12-5-4-6-17-11-12/h4-6,9,11H,1-3,7-8H2. The molecule has 3 rings (SSSR count). The quantitative estimate of drug-likeness (QED) is 0.834. The number of hydrogen-bond acceptors (Lipinski definition) is 5. The first kappa shape index (κ1) is 12.5. The maximum Gasteiger partial charge on any atom is 0.164 e. The summed E-state index contributed by atoms with van der Waals surface area (Å²) in [5.74, 6) is 1.41. The Balaban J connectivity index is 2.01. The Hall–Kier alpha value is -2.48. The number of hydrogen-bond donors (Lipinski definition) is 0. The molecule has 0 amide bonds. The van der Waals surface area contributed by atoms with Crippen LogP contribution in [-0.2, 0) is 0 Å². The van der Waals surface area contributed by atoms with Gasteiger partial charge >= 0.3 is 0 Å². The van der Waals surface area contributed by atoms with Crippen LogP contribution in [0.3, 0.4) is 0 Å². The predicted molar refractivity (Wildman–Crippen MR) is 76.0 cm³/mol. The summed E-state index contributed by atoms with van der Waals surface area (Å²) in [6.45, 7) is 1.99. The summed E-state index contributed by atoms with van der Waals surface area (Å²) >= 11 is 0. The number of rotatable bonds is 2. The number of nitriles is 1. The Morgan fingerprint density at radius 3 is 2.70 bits per heavy atom. The van der Waals surface area contributed by atoms with E-state index in [0.717, 1.165) is 24.5 Å². The molecule has 20 heavy (non-hydrogen) atoms. The summed E-state index contributed by atoms with van der Waals surface area (Å²) in [5.41, 5.74) is 1.24. The van der Waals surface area contributed by atoms with Crippen molar-refractivity contribution in [3.63, 3.8) is 0 Å². The first-order chi connectivity index (χ1) is 9.86. The van der Waals surface area contributed by atoms with Crippen LogP contribution in [0.15, 0.2) is 30.6 Å². The van der Waals surface area contributed by atoms with Gasteiger partial charge in [0.1, 0.15) is 17.6 Å². The first-order valence-corrected chi connectivity index (χ1v) is 6.81. The molecule has 0 saturated carbocycles. The zero-order valence-electron chi connectivity index (χ0n) is 11.2. The zero-order chi connectivity index (χ0) is 13.8.